The Morgan fingerprint density at radius 1 is 1.26 bits per heavy atom. The summed E-state index contributed by atoms with van der Waals surface area (Å²) in [5, 5.41) is 8.64. The van der Waals surface area contributed by atoms with Gasteiger partial charge in [-0.1, -0.05) is 6.07 Å². The van der Waals surface area contributed by atoms with Gasteiger partial charge < -0.3 is 0 Å². The molecule has 19 heavy (non-hydrogen) atoms. The van der Waals surface area contributed by atoms with Gasteiger partial charge in [-0.2, -0.15) is 5.26 Å². The van der Waals surface area contributed by atoms with E-state index >= 15 is 0 Å². The van der Waals surface area contributed by atoms with Gasteiger partial charge in [0, 0.05) is 43.9 Å². The molecule has 2 rings (SSSR count). The van der Waals surface area contributed by atoms with Gasteiger partial charge in [0.05, 0.1) is 12.6 Å². The minimum atomic E-state index is -0.549. The first-order chi connectivity index (χ1) is 9.11. The van der Waals surface area contributed by atoms with Crippen molar-refractivity contribution in [1.29, 1.82) is 5.26 Å². The van der Waals surface area contributed by atoms with Crippen LogP contribution in [-0.4, -0.2) is 42.5 Å². The second kappa shape index (κ2) is 6.09. The molecular formula is C14H17F2N3. The van der Waals surface area contributed by atoms with Crippen molar-refractivity contribution in [3.05, 3.63) is 35.4 Å². The van der Waals surface area contributed by atoms with E-state index in [9.17, 15) is 8.78 Å². The third-order valence-electron chi connectivity index (χ3n) is 3.66. The summed E-state index contributed by atoms with van der Waals surface area (Å²) >= 11 is 0. The molecule has 1 fully saturated rings. The highest BCUT2D eigenvalue weighted by atomic mass is 19.1. The molecule has 0 amide bonds. The second-order valence-corrected chi connectivity index (χ2v) is 4.81. The quantitative estimate of drug-likeness (QED) is 0.785. The third-order valence-corrected chi connectivity index (χ3v) is 3.66. The lowest BCUT2D eigenvalue weighted by Crippen LogP contribution is -2.47. The molecule has 0 saturated carbocycles. The average molecular weight is 265 g/mol. The Bertz CT molecular complexity index is 476. The van der Waals surface area contributed by atoms with E-state index in [-0.39, 0.29) is 6.04 Å². The van der Waals surface area contributed by atoms with Crippen LogP contribution < -0.4 is 0 Å². The van der Waals surface area contributed by atoms with Crippen molar-refractivity contribution < 1.29 is 8.78 Å². The van der Waals surface area contributed by atoms with Crippen LogP contribution in [0.15, 0.2) is 18.2 Å². The molecule has 1 atom stereocenters. The predicted octanol–water partition coefficient (Wildman–Crippen LogP) is 2.17. The van der Waals surface area contributed by atoms with Gasteiger partial charge in [0.25, 0.3) is 0 Å². The number of hydrogen-bond acceptors (Lipinski definition) is 3. The number of nitrogens with zero attached hydrogens (tertiary/aromatic N) is 3. The molecule has 0 N–H and O–H groups in total. The molecular weight excluding hydrogens is 248 g/mol. The van der Waals surface area contributed by atoms with Crippen LogP contribution in [0.25, 0.3) is 0 Å². The first-order valence-corrected chi connectivity index (χ1v) is 6.40. The lowest BCUT2D eigenvalue weighted by Gasteiger charge is -2.37. The minimum absolute atomic E-state index is 0.0789. The average Bonchev–Trinajstić information content (AvgIpc) is 2.39. The van der Waals surface area contributed by atoms with Crippen LogP contribution in [-0.2, 0) is 0 Å². The van der Waals surface area contributed by atoms with Crippen molar-refractivity contribution in [3.63, 3.8) is 0 Å². The van der Waals surface area contributed by atoms with Crippen molar-refractivity contribution in [1.82, 2.24) is 9.80 Å². The fraction of sp³-hybridized carbons (Fsp3) is 0.500. The molecule has 0 aromatic heterocycles. The minimum Gasteiger partial charge on any atom is -0.294 e. The Hall–Kier alpha value is -1.51. The summed E-state index contributed by atoms with van der Waals surface area (Å²) in [4.78, 5) is 4.23. The van der Waals surface area contributed by atoms with E-state index in [4.69, 9.17) is 5.26 Å². The number of rotatable bonds is 3. The molecule has 0 bridgehead atoms. The van der Waals surface area contributed by atoms with E-state index in [1.54, 1.807) is 0 Å². The van der Waals surface area contributed by atoms with E-state index < -0.39 is 11.6 Å². The maximum absolute atomic E-state index is 13.7. The zero-order valence-electron chi connectivity index (χ0n) is 10.9. The fourth-order valence-corrected chi connectivity index (χ4v) is 2.45. The Morgan fingerprint density at radius 3 is 2.53 bits per heavy atom. The Morgan fingerprint density at radius 2 is 1.95 bits per heavy atom. The van der Waals surface area contributed by atoms with Gasteiger partial charge in [0.2, 0.25) is 0 Å². The fourth-order valence-electron chi connectivity index (χ4n) is 2.45. The van der Waals surface area contributed by atoms with Gasteiger partial charge in [-0.25, -0.2) is 8.78 Å². The first kappa shape index (κ1) is 13.9. The maximum Gasteiger partial charge on any atom is 0.130 e. The first-order valence-electron chi connectivity index (χ1n) is 6.40. The third kappa shape index (κ3) is 3.28. The van der Waals surface area contributed by atoms with Gasteiger partial charge >= 0.3 is 0 Å². The van der Waals surface area contributed by atoms with Crippen LogP contribution >= 0.6 is 0 Å². The highest BCUT2D eigenvalue weighted by molar-refractivity contribution is 5.21. The van der Waals surface area contributed by atoms with Gasteiger partial charge in [-0.15, -0.1) is 0 Å². The van der Waals surface area contributed by atoms with Crippen molar-refractivity contribution >= 4 is 0 Å². The van der Waals surface area contributed by atoms with Gasteiger partial charge in [-0.3, -0.25) is 9.80 Å². The lowest BCUT2D eigenvalue weighted by molar-refractivity contribution is 0.109. The molecule has 0 unspecified atom stereocenters. The van der Waals surface area contributed by atoms with Crippen LogP contribution in [0.2, 0.25) is 0 Å². The number of benzene rings is 1. The molecule has 1 aliphatic heterocycles. The number of nitriles is 1. The zero-order chi connectivity index (χ0) is 13.8. The van der Waals surface area contributed by atoms with Crippen LogP contribution in [0.1, 0.15) is 18.5 Å². The SMILES string of the molecule is C[C@H](c1ccc(F)cc1F)N1CCN(CC#N)CC1. The summed E-state index contributed by atoms with van der Waals surface area (Å²) in [6.07, 6.45) is 0. The summed E-state index contributed by atoms with van der Waals surface area (Å²) in [7, 11) is 0. The molecule has 1 heterocycles. The molecule has 1 aromatic rings. The standard InChI is InChI=1S/C14H17F2N3/c1-11(13-3-2-12(15)10-14(13)16)19-8-6-18(5-4-17)7-9-19/h2-3,10-11H,5-9H2,1H3/t11-/m1/s1. The number of hydrogen-bond donors (Lipinski definition) is 0. The van der Waals surface area contributed by atoms with Gasteiger partial charge in [0.1, 0.15) is 11.6 Å². The summed E-state index contributed by atoms with van der Waals surface area (Å²) in [5.41, 5.74) is 0.523. The molecule has 1 saturated heterocycles. The summed E-state index contributed by atoms with van der Waals surface area (Å²) in [6, 6.07) is 5.79. The van der Waals surface area contributed by atoms with Crippen molar-refractivity contribution in [2.24, 2.45) is 0 Å². The van der Waals surface area contributed by atoms with Crippen molar-refractivity contribution in [2.75, 3.05) is 32.7 Å². The van der Waals surface area contributed by atoms with Gasteiger partial charge in [0.15, 0.2) is 0 Å². The zero-order valence-corrected chi connectivity index (χ0v) is 10.9. The van der Waals surface area contributed by atoms with Crippen LogP contribution in [0, 0.1) is 23.0 Å². The van der Waals surface area contributed by atoms with E-state index in [0.29, 0.717) is 12.1 Å². The van der Waals surface area contributed by atoms with Crippen LogP contribution in [0.3, 0.4) is 0 Å². The molecule has 5 heteroatoms. The van der Waals surface area contributed by atoms with Gasteiger partial charge in [-0.05, 0) is 13.0 Å². The molecule has 0 aliphatic carbocycles. The predicted molar refractivity (Wildman–Crippen MR) is 68.4 cm³/mol. The summed E-state index contributed by atoms with van der Waals surface area (Å²) in [6.45, 7) is 5.56. The highest BCUT2D eigenvalue weighted by Crippen LogP contribution is 2.24. The smallest absolute Gasteiger partial charge is 0.130 e. The normalized spacial score (nSPS) is 19.1. The van der Waals surface area contributed by atoms with Crippen LogP contribution in [0.4, 0.5) is 8.78 Å². The largest absolute Gasteiger partial charge is 0.294 e. The molecule has 0 spiro atoms. The van der Waals surface area contributed by atoms with Crippen molar-refractivity contribution in [2.45, 2.75) is 13.0 Å². The van der Waals surface area contributed by atoms with E-state index in [0.717, 1.165) is 32.2 Å². The van der Waals surface area contributed by atoms with Crippen LogP contribution in [0.5, 0.6) is 0 Å². The summed E-state index contributed by atoms with van der Waals surface area (Å²) < 4.78 is 26.6. The number of piperazine rings is 1. The Balaban J connectivity index is 2.01. The molecule has 0 radical (unpaired) electrons. The Kier molecular flexibility index (Phi) is 4.46. The van der Waals surface area contributed by atoms with E-state index in [1.807, 2.05) is 6.92 Å². The molecule has 102 valence electrons. The molecule has 3 nitrogen and oxygen atoms in total. The van der Waals surface area contributed by atoms with E-state index in [1.165, 1.54) is 12.1 Å². The van der Waals surface area contributed by atoms with Crippen molar-refractivity contribution in [3.8, 4) is 6.07 Å². The van der Waals surface area contributed by atoms with E-state index in [2.05, 4.69) is 15.9 Å². The summed E-state index contributed by atoms with van der Waals surface area (Å²) in [5.74, 6) is -1.04. The Labute approximate surface area is 112 Å². The lowest BCUT2D eigenvalue weighted by atomic mass is 10.1. The molecule has 1 aliphatic rings. The number of halogens is 2. The molecule has 1 aromatic carbocycles. The maximum atomic E-state index is 13.7. The monoisotopic (exact) mass is 265 g/mol. The topological polar surface area (TPSA) is 30.3 Å². The highest BCUT2D eigenvalue weighted by Gasteiger charge is 2.23. The second-order valence-electron chi connectivity index (χ2n) is 4.81.